The minimum atomic E-state index is 0.490. The van der Waals surface area contributed by atoms with E-state index in [1.807, 2.05) is 45.8 Å². The van der Waals surface area contributed by atoms with Gasteiger partial charge >= 0.3 is 0 Å². The summed E-state index contributed by atoms with van der Waals surface area (Å²) in [5.41, 5.74) is 2.60. The van der Waals surface area contributed by atoms with Crippen molar-refractivity contribution in [3.8, 4) is 11.4 Å². The number of fused-ring (bicyclic) bond motifs is 1. The summed E-state index contributed by atoms with van der Waals surface area (Å²) < 4.78 is 4.78. The molecule has 1 unspecified atom stereocenters. The fourth-order valence-corrected chi connectivity index (χ4v) is 4.66. The van der Waals surface area contributed by atoms with E-state index in [-0.39, 0.29) is 0 Å². The molecule has 6 heteroatoms. The Kier molecular flexibility index (Phi) is 4.12. The lowest BCUT2D eigenvalue weighted by Crippen LogP contribution is -3.12. The lowest BCUT2D eigenvalue weighted by atomic mass is 10.0. The first kappa shape index (κ1) is 15.7. The molecule has 124 valence electrons. The quantitative estimate of drug-likeness (QED) is 0.730. The van der Waals surface area contributed by atoms with Crippen LogP contribution in [0, 0.1) is 4.77 Å². The highest BCUT2D eigenvalue weighted by atomic mass is 32.1. The van der Waals surface area contributed by atoms with Crippen molar-refractivity contribution in [3.05, 3.63) is 57.0 Å². The maximum atomic E-state index is 5.63. The van der Waals surface area contributed by atoms with Gasteiger partial charge in [-0.05, 0) is 30.6 Å². The van der Waals surface area contributed by atoms with Crippen molar-refractivity contribution in [2.24, 2.45) is 7.05 Å². The maximum Gasteiger partial charge on any atom is 0.202 e. The zero-order valence-corrected chi connectivity index (χ0v) is 15.5. The van der Waals surface area contributed by atoms with Crippen molar-refractivity contribution in [2.75, 3.05) is 6.54 Å². The number of benzene rings is 1. The van der Waals surface area contributed by atoms with Crippen molar-refractivity contribution < 1.29 is 4.90 Å². The smallest absolute Gasteiger partial charge is 0.202 e. The van der Waals surface area contributed by atoms with E-state index < -0.39 is 0 Å². The zero-order chi connectivity index (χ0) is 16.7. The van der Waals surface area contributed by atoms with Gasteiger partial charge in [-0.15, -0.1) is 16.4 Å². The molecule has 0 amide bonds. The minimum absolute atomic E-state index is 0.490. The third-order valence-corrected chi connectivity index (χ3v) is 6.44. The van der Waals surface area contributed by atoms with Crippen LogP contribution in [0.1, 0.15) is 23.4 Å². The molecule has 2 atom stereocenters. The van der Waals surface area contributed by atoms with Gasteiger partial charge in [-0.25, -0.2) is 0 Å². The van der Waals surface area contributed by atoms with E-state index >= 15 is 0 Å². The fourth-order valence-electron chi connectivity index (χ4n) is 3.49. The third-order valence-electron chi connectivity index (χ3n) is 4.96. The number of nitrogens with zero attached hydrogens (tertiary/aromatic N) is 3. The first-order valence-electron chi connectivity index (χ1n) is 8.25. The third kappa shape index (κ3) is 2.64. The highest BCUT2D eigenvalue weighted by molar-refractivity contribution is 7.71. The Morgan fingerprint density at radius 3 is 2.88 bits per heavy atom. The second kappa shape index (κ2) is 6.27. The summed E-state index contributed by atoms with van der Waals surface area (Å²) in [7, 11) is 2.00. The summed E-state index contributed by atoms with van der Waals surface area (Å²) >= 11 is 7.52. The van der Waals surface area contributed by atoms with Crippen molar-refractivity contribution in [1.82, 2.24) is 14.3 Å². The maximum absolute atomic E-state index is 5.63. The number of nitrogens with one attached hydrogen (secondary N) is 1. The van der Waals surface area contributed by atoms with Crippen LogP contribution in [0.5, 0.6) is 0 Å². The van der Waals surface area contributed by atoms with Crippen molar-refractivity contribution in [2.45, 2.75) is 26.1 Å². The number of quaternary nitrogens is 1. The van der Waals surface area contributed by atoms with Gasteiger partial charge in [0.05, 0.1) is 6.54 Å². The molecule has 2 aromatic heterocycles. The SMILES string of the molecule is C[C@H]1c2ccsc2CC[NH+]1Cn1nc(-c2ccccc2)n(C)c1=S. The second-order valence-electron chi connectivity index (χ2n) is 6.37. The van der Waals surface area contributed by atoms with Crippen molar-refractivity contribution in [1.29, 1.82) is 0 Å². The van der Waals surface area contributed by atoms with E-state index in [1.165, 1.54) is 10.5 Å². The number of hydrogen-bond donors (Lipinski definition) is 1. The van der Waals surface area contributed by atoms with Crippen molar-refractivity contribution in [3.63, 3.8) is 0 Å². The highest BCUT2D eigenvalue weighted by Gasteiger charge is 2.29. The van der Waals surface area contributed by atoms with Gasteiger partial charge in [-0.3, -0.25) is 0 Å². The molecule has 0 radical (unpaired) electrons. The molecule has 0 bridgehead atoms. The van der Waals surface area contributed by atoms with Crippen molar-refractivity contribution >= 4 is 23.6 Å². The predicted octanol–water partition coefficient (Wildman–Crippen LogP) is 2.84. The van der Waals surface area contributed by atoms with Gasteiger partial charge in [0, 0.05) is 29.5 Å². The Labute approximate surface area is 151 Å². The van der Waals surface area contributed by atoms with Crippen LogP contribution in [0.15, 0.2) is 41.8 Å². The average molecular weight is 358 g/mol. The normalized spacial score (nSPS) is 20.1. The fraction of sp³-hybridized carbons (Fsp3) is 0.333. The van der Waals surface area contributed by atoms with E-state index in [0.29, 0.717) is 6.04 Å². The van der Waals surface area contributed by atoms with E-state index in [2.05, 4.69) is 30.5 Å². The van der Waals surface area contributed by atoms with Gasteiger partial charge in [-0.1, -0.05) is 30.3 Å². The molecule has 4 rings (SSSR count). The van der Waals surface area contributed by atoms with Gasteiger partial charge < -0.3 is 9.47 Å². The lowest BCUT2D eigenvalue weighted by Gasteiger charge is -2.30. The first-order chi connectivity index (χ1) is 11.6. The van der Waals surface area contributed by atoms with Crippen LogP contribution in [0.25, 0.3) is 11.4 Å². The molecule has 1 aliphatic heterocycles. The van der Waals surface area contributed by atoms with Crippen LogP contribution < -0.4 is 4.90 Å². The van der Waals surface area contributed by atoms with E-state index in [9.17, 15) is 0 Å². The predicted molar refractivity (Wildman–Crippen MR) is 99.7 cm³/mol. The minimum Gasteiger partial charge on any atom is -0.310 e. The molecule has 1 aliphatic rings. The van der Waals surface area contributed by atoms with E-state index in [0.717, 1.165) is 35.8 Å². The number of thiophene rings is 1. The second-order valence-corrected chi connectivity index (χ2v) is 7.73. The highest BCUT2D eigenvalue weighted by Crippen LogP contribution is 2.24. The Balaban J connectivity index is 1.63. The van der Waals surface area contributed by atoms with Gasteiger partial charge in [0.25, 0.3) is 0 Å². The number of rotatable bonds is 3. The Hall–Kier alpha value is -1.76. The molecule has 0 saturated carbocycles. The van der Waals surface area contributed by atoms with Crippen LogP contribution in [-0.2, 0) is 20.1 Å². The van der Waals surface area contributed by atoms with Gasteiger partial charge in [0.2, 0.25) is 4.77 Å². The van der Waals surface area contributed by atoms with E-state index in [4.69, 9.17) is 17.3 Å². The Morgan fingerprint density at radius 1 is 1.29 bits per heavy atom. The topological polar surface area (TPSA) is 27.2 Å². The van der Waals surface area contributed by atoms with Crippen LogP contribution in [-0.4, -0.2) is 20.9 Å². The molecule has 4 nitrogen and oxygen atoms in total. The standard InChI is InChI=1S/C18H20N4S2/c1-13-15-9-11-24-16(15)8-10-21(13)12-22-18(23)20(2)17(19-22)14-6-4-3-5-7-14/h3-7,9,11,13H,8,10,12H2,1-2H3/p+1/t13-/m0/s1. The average Bonchev–Trinajstić information content (AvgIpc) is 3.19. The first-order valence-corrected chi connectivity index (χ1v) is 9.54. The molecular weight excluding hydrogens is 336 g/mol. The number of aromatic nitrogens is 3. The summed E-state index contributed by atoms with van der Waals surface area (Å²) in [6.45, 7) is 4.26. The summed E-state index contributed by atoms with van der Waals surface area (Å²) in [5.74, 6) is 0.931. The molecule has 3 aromatic rings. The summed E-state index contributed by atoms with van der Waals surface area (Å²) in [4.78, 5) is 3.07. The van der Waals surface area contributed by atoms with Gasteiger partial charge in [0.1, 0.15) is 6.04 Å². The van der Waals surface area contributed by atoms with Crippen LogP contribution in [0.3, 0.4) is 0 Å². The molecule has 1 aromatic carbocycles. The largest absolute Gasteiger partial charge is 0.310 e. The van der Waals surface area contributed by atoms with Gasteiger partial charge in [-0.2, -0.15) is 4.68 Å². The molecular formula is C18H21N4S2+. The Bertz CT molecular complexity index is 907. The summed E-state index contributed by atoms with van der Waals surface area (Å²) in [6.07, 6.45) is 1.15. The van der Waals surface area contributed by atoms with Crippen LogP contribution >= 0.6 is 23.6 Å². The lowest BCUT2D eigenvalue weighted by molar-refractivity contribution is -0.954. The van der Waals surface area contributed by atoms with E-state index in [1.54, 1.807) is 4.88 Å². The van der Waals surface area contributed by atoms with Gasteiger partial charge in [0.15, 0.2) is 12.5 Å². The monoisotopic (exact) mass is 357 g/mol. The number of hydrogen-bond acceptors (Lipinski definition) is 3. The van der Waals surface area contributed by atoms with Crippen LogP contribution in [0.4, 0.5) is 0 Å². The molecule has 3 heterocycles. The molecule has 0 aliphatic carbocycles. The molecule has 0 fully saturated rings. The van der Waals surface area contributed by atoms with Crippen LogP contribution in [0.2, 0.25) is 0 Å². The molecule has 0 saturated heterocycles. The molecule has 0 spiro atoms. The summed E-state index contributed by atoms with van der Waals surface area (Å²) in [5, 5.41) is 7.02. The molecule has 1 N–H and O–H groups in total. The zero-order valence-electron chi connectivity index (χ0n) is 13.9. The summed E-state index contributed by atoms with van der Waals surface area (Å²) in [6, 6.07) is 13.0. The molecule has 24 heavy (non-hydrogen) atoms. The Morgan fingerprint density at radius 2 is 2.08 bits per heavy atom.